The van der Waals surface area contributed by atoms with Crippen molar-refractivity contribution in [3.63, 3.8) is 0 Å². The highest BCUT2D eigenvalue weighted by Crippen LogP contribution is 2.55. The van der Waals surface area contributed by atoms with Crippen LogP contribution in [-0.2, 0) is 0 Å². The normalized spacial score (nSPS) is 26.4. The maximum atomic E-state index is 13.1. The highest BCUT2D eigenvalue weighted by atomic mass is 35.5. The largest absolute Gasteiger partial charge is 0.489 e. The number of rotatable bonds is 6. The predicted octanol–water partition coefficient (Wildman–Crippen LogP) is 4.07. The molecule has 1 saturated heterocycles. The summed E-state index contributed by atoms with van der Waals surface area (Å²) in [6.45, 7) is 12.2. The first kappa shape index (κ1) is 26.2. The summed E-state index contributed by atoms with van der Waals surface area (Å²) in [5.74, 6) is 1.64. The van der Waals surface area contributed by atoms with Crippen molar-refractivity contribution >= 4 is 23.5 Å². The van der Waals surface area contributed by atoms with Crippen LogP contribution in [0.1, 0.15) is 57.0 Å². The molecule has 2 fully saturated rings. The zero-order valence-electron chi connectivity index (χ0n) is 21.5. The van der Waals surface area contributed by atoms with E-state index < -0.39 is 0 Å². The predicted molar refractivity (Wildman–Crippen MR) is 138 cm³/mol. The Morgan fingerprint density at radius 2 is 1.94 bits per heavy atom. The summed E-state index contributed by atoms with van der Waals surface area (Å²) in [6, 6.07) is 6.96. The number of halogens is 1. The van der Waals surface area contributed by atoms with Gasteiger partial charge in [0.2, 0.25) is 5.95 Å². The number of carbonyl (C=O) groups excluding carboxylic acids is 1. The molecule has 8 nitrogen and oxygen atoms in total. The maximum Gasteiger partial charge on any atom is 0.254 e. The number of hydrogen-bond donors (Lipinski definition) is 2. The number of ether oxygens (including phenoxy) is 1. The number of nitrogens with zero attached hydrogens (tertiary/aromatic N) is 4. The van der Waals surface area contributed by atoms with Crippen molar-refractivity contribution in [3.8, 4) is 11.8 Å². The Labute approximate surface area is 217 Å². The van der Waals surface area contributed by atoms with Crippen molar-refractivity contribution in [2.45, 2.75) is 53.2 Å². The molecule has 2 heterocycles. The molecular formula is C27H34ClN5O3. The number of benzene rings is 1. The molecule has 1 aliphatic carbocycles. The number of nitriles is 1. The second-order valence-corrected chi connectivity index (χ2v) is 11.6. The monoisotopic (exact) mass is 511 g/mol. The van der Waals surface area contributed by atoms with Crippen LogP contribution in [0.5, 0.6) is 5.75 Å². The summed E-state index contributed by atoms with van der Waals surface area (Å²) in [4.78, 5) is 24.1. The highest BCUT2D eigenvalue weighted by Gasteiger charge is 2.64. The molecule has 36 heavy (non-hydrogen) atoms. The number of piperidine rings is 1. The highest BCUT2D eigenvalue weighted by molar-refractivity contribution is 6.31. The number of hydrogen-bond acceptors (Lipinski definition) is 7. The molecule has 0 unspecified atom stereocenters. The van der Waals surface area contributed by atoms with E-state index in [9.17, 15) is 9.90 Å². The lowest BCUT2D eigenvalue weighted by molar-refractivity contribution is -0.164. The van der Waals surface area contributed by atoms with Crippen LogP contribution in [-0.4, -0.2) is 52.8 Å². The van der Waals surface area contributed by atoms with Gasteiger partial charge in [-0.1, -0.05) is 46.2 Å². The fourth-order valence-electron chi connectivity index (χ4n) is 6.06. The summed E-state index contributed by atoms with van der Waals surface area (Å²) in [5, 5.41) is 22.1. The van der Waals surface area contributed by atoms with Gasteiger partial charge >= 0.3 is 0 Å². The molecule has 4 rings (SSSR count). The molecule has 1 aliphatic heterocycles. The molecule has 2 N–H and O–H groups in total. The Hall–Kier alpha value is -2.89. The average Bonchev–Trinajstić information content (AvgIpc) is 2.85. The summed E-state index contributed by atoms with van der Waals surface area (Å²) < 4.78 is 6.29. The van der Waals surface area contributed by atoms with E-state index >= 15 is 0 Å². The topological polar surface area (TPSA) is 111 Å². The molecule has 192 valence electrons. The van der Waals surface area contributed by atoms with Crippen LogP contribution in [0.2, 0.25) is 5.02 Å². The molecular weight excluding hydrogens is 478 g/mol. The van der Waals surface area contributed by atoms with E-state index in [-0.39, 0.29) is 35.5 Å². The SMILES string of the molecule is C[C@@H]1CN(c2ncc(C(=O)NC3C(C)(C)C(Oc4ccc(C#N)c(Cl)c4)C3(C)C)cn2)CC[C@@H]1CO. The van der Waals surface area contributed by atoms with E-state index in [0.717, 1.165) is 19.5 Å². The third kappa shape index (κ3) is 4.74. The van der Waals surface area contributed by atoms with E-state index in [1.54, 1.807) is 30.6 Å². The third-order valence-corrected chi connectivity index (χ3v) is 8.24. The molecule has 2 atom stereocenters. The van der Waals surface area contributed by atoms with E-state index in [1.807, 2.05) is 0 Å². The van der Waals surface area contributed by atoms with Crippen molar-refractivity contribution in [3.05, 3.63) is 46.7 Å². The maximum absolute atomic E-state index is 13.1. The van der Waals surface area contributed by atoms with Gasteiger partial charge in [0.25, 0.3) is 5.91 Å². The van der Waals surface area contributed by atoms with Gasteiger partial charge < -0.3 is 20.1 Å². The smallest absolute Gasteiger partial charge is 0.254 e. The van der Waals surface area contributed by atoms with Gasteiger partial charge in [-0.3, -0.25) is 4.79 Å². The zero-order chi connectivity index (χ0) is 26.3. The van der Waals surface area contributed by atoms with Crippen molar-refractivity contribution < 1.29 is 14.6 Å². The Bertz CT molecular complexity index is 1140. The van der Waals surface area contributed by atoms with Crippen LogP contribution in [0.15, 0.2) is 30.6 Å². The van der Waals surface area contributed by atoms with Crippen molar-refractivity contribution in [2.24, 2.45) is 22.7 Å². The summed E-state index contributed by atoms with van der Waals surface area (Å²) in [5.41, 5.74) is 0.103. The van der Waals surface area contributed by atoms with Gasteiger partial charge in [0.15, 0.2) is 0 Å². The second-order valence-electron chi connectivity index (χ2n) is 11.2. The standard InChI is InChI=1S/C27H34ClN5O3/c1-16-14-33(9-8-18(16)15-34)25-30-12-19(13-31-25)22(35)32-23-26(2,3)24(27(23,4)5)36-20-7-6-17(11-29)21(28)10-20/h6-7,10,12-13,16,18,23-24,34H,8-9,14-15H2,1-5H3,(H,32,35)/t16-,18-,23?,24?/m1/s1. The average molecular weight is 512 g/mol. The molecule has 1 saturated carbocycles. The second kappa shape index (κ2) is 9.87. The van der Waals surface area contributed by atoms with Crippen molar-refractivity contribution in [1.29, 1.82) is 5.26 Å². The zero-order valence-corrected chi connectivity index (χ0v) is 22.2. The van der Waals surface area contributed by atoms with E-state index in [4.69, 9.17) is 21.6 Å². The Morgan fingerprint density at radius 1 is 1.28 bits per heavy atom. The molecule has 0 radical (unpaired) electrons. The number of carbonyl (C=O) groups is 1. The number of amides is 1. The van der Waals surface area contributed by atoms with Crippen molar-refractivity contribution in [1.82, 2.24) is 15.3 Å². The first-order valence-electron chi connectivity index (χ1n) is 12.3. The van der Waals surface area contributed by atoms with Crippen LogP contribution in [0, 0.1) is 34.0 Å². The van der Waals surface area contributed by atoms with Gasteiger partial charge in [0.1, 0.15) is 17.9 Å². The van der Waals surface area contributed by atoms with Gasteiger partial charge in [-0.05, 0) is 30.4 Å². The molecule has 1 aromatic heterocycles. The summed E-state index contributed by atoms with van der Waals surface area (Å²) >= 11 is 6.18. The van der Waals surface area contributed by atoms with Crippen LogP contribution >= 0.6 is 11.6 Å². The molecule has 2 aliphatic rings. The van der Waals surface area contributed by atoms with E-state index in [0.29, 0.717) is 39.7 Å². The van der Waals surface area contributed by atoms with Crippen molar-refractivity contribution in [2.75, 3.05) is 24.6 Å². The molecule has 0 spiro atoms. The minimum absolute atomic E-state index is 0.144. The lowest BCUT2D eigenvalue weighted by Gasteiger charge is -2.63. The Balaban J connectivity index is 1.41. The number of nitrogens with one attached hydrogen (secondary N) is 1. The first-order chi connectivity index (χ1) is 17.0. The first-order valence-corrected chi connectivity index (χ1v) is 12.7. The van der Waals surface area contributed by atoms with E-state index in [1.165, 1.54) is 0 Å². The molecule has 1 amide bonds. The van der Waals surface area contributed by atoms with Gasteiger partial charge in [-0.25, -0.2) is 9.97 Å². The number of anilines is 1. The quantitative estimate of drug-likeness (QED) is 0.601. The van der Waals surface area contributed by atoms with Gasteiger partial charge in [0, 0.05) is 55.0 Å². The number of aliphatic hydroxyl groups excluding tert-OH is 1. The lowest BCUT2D eigenvalue weighted by atomic mass is 9.49. The number of aliphatic hydroxyl groups is 1. The van der Waals surface area contributed by atoms with Gasteiger partial charge in [-0.15, -0.1) is 0 Å². The molecule has 9 heteroatoms. The molecule has 0 bridgehead atoms. The summed E-state index contributed by atoms with van der Waals surface area (Å²) in [6.07, 6.45) is 3.87. The fraction of sp³-hybridized carbons (Fsp3) is 0.556. The fourth-order valence-corrected chi connectivity index (χ4v) is 6.27. The minimum Gasteiger partial charge on any atom is -0.489 e. The van der Waals surface area contributed by atoms with Crippen LogP contribution in [0.3, 0.4) is 0 Å². The summed E-state index contributed by atoms with van der Waals surface area (Å²) in [7, 11) is 0. The van der Waals surface area contributed by atoms with Gasteiger partial charge in [-0.2, -0.15) is 5.26 Å². The minimum atomic E-state index is -0.354. The third-order valence-electron chi connectivity index (χ3n) is 7.93. The van der Waals surface area contributed by atoms with Crippen LogP contribution in [0.4, 0.5) is 5.95 Å². The number of aromatic nitrogens is 2. The van der Waals surface area contributed by atoms with Crippen LogP contribution in [0.25, 0.3) is 0 Å². The van der Waals surface area contributed by atoms with Crippen LogP contribution < -0.4 is 15.0 Å². The van der Waals surface area contributed by atoms with Gasteiger partial charge in [0.05, 0.1) is 16.1 Å². The van der Waals surface area contributed by atoms with E-state index in [2.05, 4.69) is 60.9 Å². The molecule has 2 aromatic rings. The Kier molecular flexibility index (Phi) is 7.18. The lowest BCUT2D eigenvalue weighted by Crippen LogP contribution is -2.74. The molecule has 1 aromatic carbocycles. The Morgan fingerprint density at radius 3 is 2.50 bits per heavy atom.